The summed E-state index contributed by atoms with van der Waals surface area (Å²) in [5.74, 6) is -0.475. The van der Waals surface area contributed by atoms with Gasteiger partial charge in [0.2, 0.25) is 0 Å². The molecule has 0 bridgehead atoms. The van der Waals surface area contributed by atoms with E-state index in [9.17, 15) is 18.0 Å². The lowest BCUT2D eigenvalue weighted by atomic mass is 10.0. The van der Waals surface area contributed by atoms with Crippen LogP contribution in [0.25, 0.3) is 0 Å². The predicted molar refractivity (Wildman–Crippen MR) is 71.0 cm³/mol. The molecule has 1 N–H and O–H groups in total. The normalized spacial score (nSPS) is 21.9. The van der Waals surface area contributed by atoms with E-state index in [-0.39, 0.29) is 19.6 Å². The molecule has 1 atom stereocenters. The van der Waals surface area contributed by atoms with Gasteiger partial charge in [-0.3, -0.25) is 4.90 Å². The van der Waals surface area contributed by atoms with Gasteiger partial charge in [0, 0.05) is 25.7 Å². The summed E-state index contributed by atoms with van der Waals surface area (Å²) in [4.78, 5) is 12.7. The van der Waals surface area contributed by atoms with Gasteiger partial charge in [-0.15, -0.1) is 0 Å². The number of nitrogens with zero attached hydrogens (tertiary/aromatic N) is 1. The number of methoxy groups -OCH3 is 1. The van der Waals surface area contributed by atoms with E-state index in [2.05, 4.69) is 4.74 Å². The van der Waals surface area contributed by atoms with Crippen molar-refractivity contribution in [1.82, 2.24) is 10.2 Å². The minimum Gasteiger partial charge on any atom is -0.465 e. The van der Waals surface area contributed by atoms with Gasteiger partial charge in [-0.05, 0) is 17.7 Å². The van der Waals surface area contributed by atoms with Gasteiger partial charge in [0.1, 0.15) is 1.41 Å². The highest BCUT2D eigenvalue weighted by Crippen LogP contribution is 2.22. The van der Waals surface area contributed by atoms with Crippen LogP contribution in [0.4, 0.5) is 13.2 Å². The molecule has 2 rings (SSSR count). The molecular weight excluding hydrogens is 285 g/mol. The molecule has 1 aliphatic heterocycles. The third kappa shape index (κ3) is 4.44. The number of ether oxygens (including phenoxy) is 1. The molecule has 0 amide bonds. The number of esters is 1. The highest BCUT2D eigenvalue weighted by atomic mass is 19.4. The summed E-state index contributed by atoms with van der Waals surface area (Å²) in [6.07, 6.45) is -4.25. The third-order valence-electron chi connectivity index (χ3n) is 3.32. The molecule has 1 unspecified atom stereocenters. The Bertz CT molecular complexity index is 522. The van der Waals surface area contributed by atoms with Crippen molar-refractivity contribution < 1.29 is 24.1 Å². The Kier molecular flexibility index (Phi) is 4.40. The van der Waals surface area contributed by atoms with Gasteiger partial charge in [0.05, 0.1) is 19.2 Å². The van der Waals surface area contributed by atoms with Gasteiger partial charge in [0.25, 0.3) is 0 Å². The minimum absolute atomic E-state index is 0.126. The first-order valence-electron chi connectivity index (χ1n) is 6.98. The van der Waals surface area contributed by atoms with Gasteiger partial charge in [0.15, 0.2) is 0 Å². The molecule has 21 heavy (non-hydrogen) atoms. The number of nitrogens with one attached hydrogen (secondary N) is 1. The first-order valence-corrected chi connectivity index (χ1v) is 6.53. The maximum absolute atomic E-state index is 12.5. The number of carbonyl (C=O) groups is 1. The second-order valence-electron chi connectivity index (χ2n) is 4.89. The smallest absolute Gasteiger partial charge is 0.401 e. The van der Waals surface area contributed by atoms with E-state index in [0.29, 0.717) is 11.1 Å². The number of hydrogen-bond donors (Lipinski definition) is 1. The van der Waals surface area contributed by atoms with Crippen molar-refractivity contribution in [2.75, 3.05) is 33.3 Å². The first-order chi connectivity index (χ1) is 10.3. The van der Waals surface area contributed by atoms with Gasteiger partial charge >= 0.3 is 12.1 Å². The SMILES string of the molecule is [2H]N1CCN(CC(F)(F)F)CC1c1ccc(C(=O)OC)cc1. The Morgan fingerprint density at radius 3 is 2.71 bits per heavy atom. The van der Waals surface area contributed by atoms with E-state index in [1.165, 1.54) is 17.3 Å². The second kappa shape index (κ2) is 6.44. The standard InChI is InChI=1S/C14H17F3N2O2/c1-21-13(20)11-4-2-10(3-5-11)12-8-19(7-6-18-12)9-14(15,16)17/h2-5,12,18H,6-9H2,1H3/i/hD. The average molecular weight is 303 g/mol. The van der Waals surface area contributed by atoms with Crippen LogP contribution in [0.3, 0.4) is 0 Å². The molecule has 0 saturated carbocycles. The van der Waals surface area contributed by atoms with Crippen LogP contribution >= 0.6 is 0 Å². The number of hydrogen-bond acceptors (Lipinski definition) is 4. The molecule has 1 heterocycles. The van der Waals surface area contributed by atoms with Crippen molar-refractivity contribution in [3.8, 4) is 0 Å². The van der Waals surface area contributed by atoms with E-state index in [0.717, 1.165) is 0 Å². The third-order valence-corrected chi connectivity index (χ3v) is 3.32. The Balaban J connectivity index is 2.10. The van der Waals surface area contributed by atoms with Crippen LogP contribution in [0.1, 0.15) is 22.0 Å². The zero-order valence-corrected chi connectivity index (χ0v) is 11.6. The van der Waals surface area contributed by atoms with Crippen LogP contribution < -0.4 is 5.31 Å². The fourth-order valence-electron chi connectivity index (χ4n) is 2.32. The van der Waals surface area contributed by atoms with Crippen molar-refractivity contribution in [2.45, 2.75) is 12.2 Å². The molecule has 0 aromatic heterocycles. The van der Waals surface area contributed by atoms with E-state index >= 15 is 0 Å². The van der Waals surface area contributed by atoms with Crippen LogP contribution in [0, 0.1) is 0 Å². The van der Waals surface area contributed by atoms with Crippen LogP contribution in [-0.2, 0) is 4.74 Å². The highest BCUT2D eigenvalue weighted by Gasteiger charge is 2.33. The lowest BCUT2D eigenvalue weighted by molar-refractivity contribution is -0.148. The summed E-state index contributed by atoms with van der Waals surface area (Å²) in [7, 11) is 1.28. The summed E-state index contributed by atoms with van der Waals surface area (Å²) < 4.78 is 50.0. The lowest BCUT2D eigenvalue weighted by Gasteiger charge is -2.34. The summed E-state index contributed by atoms with van der Waals surface area (Å²) in [6, 6.07) is 5.95. The van der Waals surface area contributed by atoms with Crippen LogP contribution in [0.2, 0.25) is 1.41 Å². The van der Waals surface area contributed by atoms with E-state index in [1.54, 1.807) is 24.3 Å². The molecule has 116 valence electrons. The Morgan fingerprint density at radius 2 is 2.14 bits per heavy atom. The fourth-order valence-corrected chi connectivity index (χ4v) is 2.32. The van der Waals surface area contributed by atoms with E-state index in [1.807, 2.05) is 0 Å². The molecule has 0 aliphatic carbocycles. The fraction of sp³-hybridized carbons (Fsp3) is 0.500. The first kappa shape index (κ1) is 14.3. The summed E-state index contributed by atoms with van der Waals surface area (Å²) >= 11 is 0. The summed E-state index contributed by atoms with van der Waals surface area (Å²) in [5, 5.41) is 1.28. The number of alkyl halides is 3. The van der Waals surface area contributed by atoms with Crippen molar-refractivity contribution in [2.24, 2.45) is 0 Å². The second-order valence-corrected chi connectivity index (χ2v) is 4.89. The highest BCUT2D eigenvalue weighted by molar-refractivity contribution is 5.89. The monoisotopic (exact) mass is 303 g/mol. The molecule has 1 aromatic rings. The summed E-state index contributed by atoms with van der Waals surface area (Å²) in [6.45, 7) is -0.405. The van der Waals surface area contributed by atoms with Crippen molar-refractivity contribution in [3.05, 3.63) is 35.4 Å². The number of halogens is 3. The quantitative estimate of drug-likeness (QED) is 0.867. The average Bonchev–Trinajstić information content (AvgIpc) is 2.47. The number of benzene rings is 1. The molecule has 4 nitrogen and oxygen atoms in total. The Hall–Kier alpha value is -1.60. The molecule has 1 aromatic carbocycles. The van der Waals surface area contributed by atoms with Crippen LogP contribution in [-0.4, -0.2) is 50.3 Å². The van der Waals surface area contributed by atoms with Gasteiger partial charge < -0.3 is 10.0 Å². The molecule has 0 radical (unpaired) electrons. The molecule has 1 saturated heterocycles. The maximum atomic E-state index is 12.5. The zero-order chi connectivity index (χ0) is 16.3. The van der Waals surface area contributed by atoms with Crippen LogP contribution in [0.15, 0.2) is 24.3 Å². The van der Waals surface area contributed by atoms with Gasteiger partial charge in [-0.25, -0.2) is 4.79 Å². The van der Waals surface area contributed by atoms with Crippen molar-refractivity contribution in [1.29, 1.82) is 0 Å². The zero-order valence-electron chi connectivity index (χ0n) is 12.6. The number of carbonyl (C=O) groups excluding carboxylic acids is 1. The molecule has 0 spiro atoms. The van der Waals surface area contributed by atoms with E-state index in [4.69, 9.17) is 1.41 Å². The Morgan fingerprint density at radius 1 is 1.48 bits per heavy atom. The maximum Gasteiger partial charge on any atom is 0.401 e. The molecule has 1 aliphatic rings. The van der Waals surface area contributed by atoms with Crippen LogP contribution in [0.5, 0.6) is 0 Å². The van der Waals surface area contributed by atoms with E-state index < -0.39 is 24.7 Å². The molecule has 7 heteroatoms. The minimum atomic E-state index is -4.25. The number of piperazine rings is 1. The summed E-state index contributed by atoms with van der Waals surface area (Å²) in [5.41, 5.74) is 1.07. The Labute approximate surface area is 122 Å². The largest absolute Gasteiger partial charge is 0.465 e. The lowest BCUT2D eigenvalue weighted by Crippen LogP contribution is -2.48. The van der Waals surface area contributed by atoms with Crippen molar-refractivity contribution >= 4 is 5.97 Å². The molecular formula is C14H17F3N2O2. The number of rotatable bonds is 3. The predicted octanol–water partition coefficient (Wildman–Crippen LogP) is 1.98. The topological polar surface area (TPSA) is 41.6 Å². The van der Waals surface area contributed by atoms with Crippen molar-refractivity contribution in [3.63, 3.8) is 0 Å². The van der Waals surface area contributed by atoms with Gasteiger partial charge in [-0.1, -0.05) is 12.1 Å². The van der Waals surface area contributed by atoms with Gasteiger partial charge in [-0.2, -0.15) is 13.2 Å². The molecule has 1 fully saturated rings.